The van der Waals surface area contributed by atoms with Crippen molar-refractivity contribution in [1.82, 2.24) is 9.80 Å². The third kappa shape index (κ3) is 6.45. The molecule has 0 aliphatic carbocycles. The highest BCUT2D eigenvalue weighted by atomic mass is 16.5. The molecule has 0 unspecified atom stereocenters. The van der Waals surface area contributed by atoms with Crippen molar-refractivity contribution in [2.24, 2.45) is 0 Å². The summed E-state index contributed by atoms with van der Waals surface area (Å²) in [4.78, 5) is 32.5. The molecule has 2 aliphatic rings. The van der Waals surface area contributed by atoms with Crippen molar-refractivity contribution in [2.45, 2.75) is 56.4 Å². The molecule has 3 aromatic rings. The Kier molecular flexibility index (Phi) is 9.79. The second kappa shape index (κ2) is 13.9. The van der Waals surface area contributed by atoms with Gasteiger partial charge in [-0.3, -0.25) is 9.59 Å². The number of benzene rings is 3. The summed E-state index contributed by atoms with van der Waals surface area (Å²) in [5.41, 5.74) is 1.77. The van der Waals surface area contributed by atoms with Gasteiger partial charge < -0.3 is 19.4 Å². The maximum Gasteiger partial charge on any atom is 0.305 e. The molecule has 1 spiro atoms. The van der Waals surface area contributed by atoms with E-state index < -0.39 is 11.0 Å². The Labute approximate surface area is 255 Å². The van der Waals surface area contributed by atoms with Crippen LogP contribution in [0.3, 0.4) is 0 Å². The fourth-order valence-corrected chi connectivity index (χ4v) is 6.74. The molecule has 3 aromatic carbocycles. The van der Waals surface area contributed by atoms with E-state index in [1.165, 1.54) is 0 Å². The Hall–Kier alpha value is -4.15. The Morgan fingerprint density at radius 2 is 1.47 bits per heavy atom. The van der Waals surface area contributed by atoms with Gasteiger partial charge in [0.2, 0.25) is 5.91 Å². The maximum atomic E-state index is 14.1. The standard InChI is InChI=1S/C36H42N4O3/c1-2-43-33(41)20-12-13-24-39-29-40(32-18-10-5-11-19-32)36(34(39)42)22-26-38(27-23-36)25-21-35(28-37,30-14-6-3-7-15-30)31-16-8-4-9-17-31/h3-11,14-19H,2,12-13,20-27,29H2,1H3. The summed E-state index contributed by atoms with van der Waals surface area (Å²) in [6.07, 6.45) is 4.00. The molecule has 2 fully saturated rings. The summed E-state index contributed by atoms with van der Waals surface area (Å²) >= 11 is 0. The lowest BCUT2D eigenvalue weighted by Crippen LogP contribution is -2.56. The Morgan fingerprint density at radius 3 is 2.02 bits per heavy atom. The number of para-hydroxylation sites is 1. The van der Waals surface area contributed by atoms with Gasteiger partial charge in [0.15, 0.2) is 0 Å². The average molecular weight is 579 g/mol. The molecular formula is C36H42N4O3. The highest BCUT2D eigenvalue weighted by Crippen LogP contribution is 2.41. The molecule has 224 valence electrons. The van der Waals surface area contributed by atoms with Gasteiger partial charge in [-0.2, -0.15) is 5.26 Å². The molecule has 2 aliphatic heterocycles. The quantitative estimate of drug-likeness (QED) is 0.201. The van der Waals surface area contributed by atoms with Gasteiger partial charge in [0.05, 0.1) is 19.3 Å². The number of carbonyl (C=O) groups excluding carboxylic acids is 2. The molecule has 7 nitrogen and oxygen atoms in total. The third-order valence-corrected chi connectivity index (χ3v) is 9.16. The van der Waals surface area contributed by atoms with Gasteiger partial charge in [-0.15, -0.1) is 0 Å². The van der Waals surface area contributed by atoms with E-state index >= 15 is 0 Å². The predicted molar refractivity (Wildman–Crippen MR) is 168 cm³/mol. The van der Waals surface area contributed by atoms with Gasteiger partial charge in [-0.05, 0) is 62.3 Å². The summed E-state index contributed by atoms with van der Waals surface area (Å²) in [6, 6.07) is 33.1. The molecule has 7 heteroatoms. The zero-order valence-electron chi connectivity index (χ0n) is 25.2. The molecule has 1 amide bonds. The summed E-state index contributed by atoms with van der Waals surface area (Å²) in [6.45, 7) is 5.74. The topological polar surface area (TPSA) is 76.9 Å². The lowest BCUT2D eigenvalue weighted by molar-refractivity contribution is -0.143. The van der Waals surface area contributed by atoms with Gasteiger partial charge in [-0.25, -0.2) is 0 Å². The van der Waals surface area contributed by atoms with Crippen LogP contribution in [0.4, 0.5) is 5.69 Å². The first-order valence-electron chi connectivity index (χ1n) is 15.5. The monoisotopic (exact) mass is 578 g/mol. The molecule has 5 rings (SSSR count). The zero-order chi connectivity index (χ0) is 30.1. The number of esters is 1. The largest absolute Gasteiger partial charge is 0.466 e. The van der Waals surface area contributed by atoms with Crippen LogP contribution in [0.15, 0.2) is 91.0 Å². The molecule has 2 saturated heterocycles. The Balaban J connectivity index is 1.28. The number of anilines is 1. The summed E-state index contributed by atoms with van der Waals surface area (Å²) in [7, 11) is 0. The number of piperidine rings is 1. The van der Waals surface area contributed by atoms with E-state index in [4.69, 9.17) is 4.74 Å². The Bertz CT molecular complexity index is 1340. The molecule has 0 bridgehead atoms. The van der Waals surface area contributed by atoms with Crippen LogP contribution in [0.5, 0.6) is 0 Å². The minimum atomic E-state index is -0.739. The van der Waals surface area contributed by atoms with Gasteiger partial charge in [0, 0.05) is 38.3 Å². The van der Waals surface area contributed by atoms with Crippen molar-refractivity contribution in [3.63, 3.8) is 0 Å². The first-order valence-corrected chi connectivity index (χ1v) is 15.5. The number of hydrogen-bond donors (Lipinski definition) is 0. The van der Waals surface area contributed by atoms with Crippen molar-refractivity contribution in [3.8, 4) is 6.07 Å². The third-order valence-electron chi connectivity index (χ3n) is 9.16. The summed E-state index contributed by atoms with van der Waals surface area (Å²) in [5, 5.41) is 10.6. The maximum absolute atomic E-state index is 14.1. The minimum absolute atomic E-state index is 0.176. The van der Waals surface area contributed by atoms with Crippen molar-refractivity contribution in [1.29, 1.82) is 5.26 Å². The van der Waals surface area contributed by atoms with Gasteiger partial charge in [0.1, 0.15) is 11.0 Å². The van der Waals surface area contributed by atoms with Crippen molar-refractivity contribution < 1.29 is 14.3 Å². The molecule has 0 N–H and O–H groups in total. The van der Waals surface area contributed by atoms with E-state index in [2.05, 4.69) is 52.3 Å². The van der Waals surface area contributed by atoms with Crippen LogP contribution < -0.4 is 4.90 Å². The summed E-state index contributed by atoms with van der Waals surface area (Å²) in [5.74, 6) is 0.0111. The highest BCUT2D eigenvalue weighted by molar-refractivity contribution is 5.93. The number of hydrogen-bond acceptors (Lipinski definition) is 6. The van der Waals surface area contributed by atoms with Crippen molar-refractivity contribution in [2.75, 3.05) is 44.4 Å². The first kappa shape index (κ1) is 30.3. The normalized spacial score (nSPS) is 16.8. The van der Waals surface area contributed by atoms with Crippen LogP contribution >= 0.6 is 0 Å². The lowest BCUT2D eigenvalue weighted by Gasteiger charge is -2.44. The lowest BCUT2D eigenvalue weighted by atomic mass is 9.73. The van der Waals surface area contributed by atoms with Gasteiger partial charge in [-0.1, -0.05) is 78.9 Å². The van der Waals surface area contributed by atoms with Crippen molar-refractivity contribution in [3.05, 3.63) is 102 Å². The van der Waals surface area contributed by atoms with E-state index in [0.29, 0.717) is 39.1 Å². The van der Waals surface area contributed by atoms with E-state index in [1.54, 1.807) is 0 Å². The summed E-state index contributed by atoms with van der Waals surface area (Å²) < 4.78 is 5.06. The van der Waals surface area contributed by atoms with Crippen LogP contribution in [0.1, 0.15) is 56.6 Å². The first-order chi connectivity index (χ1) is 21.0. The fourth-order valence-electron chi connectivity index (χ4n) is 6.74. The van der Waals surface area contributed by atoms with E-state index in [-0.39, 0.29) is 11.9 Å². The zero-order valence-corrected chi connectivity index (χ0v) is 25.2. The number of likely N-dealkylation sites (tertiary alicyclic amines) is 1. The number of nitrogens with zero attached hydrogens (tertiary/aromatic N) is 4. The van der Waals surface area contributed by atoms with Gasteiger partial charge in [0.25, 0.3) is 0 Å². The molecule has 0 saturated carbocycles. The van der Waals surface area contributed by atoms with E-state index in [0.717, 1.165) is 55.7 Å². The fraction of sp³-hybridized carbons (Fsp3) is 0.417. The van der Waals surface area contributed by atoms with Crippen LogP contribution in [-0.4, -0.2) is 66.7 Å². The number of rotatable bonds is 12. The minimum Gasteiger partial charge on any atom is -0.466 e. The molecule has 0 aromatic heterocycles. The SMILES string of the molecule is CCOC(=O)CCCCN1CN(c2ccccc2)C2(CCN(CCC(C#N)(c3ccccc3)c3ccccc3)CC2)C1=O. The smallest absolute Gasteiger partial charge is 0.305 e. The van der Waals surface area contributed by atoms with Crippen LogP contribution in [0.25, 0.3) is 0 Å². The molecule has 0 radical (unpaired) electrons. The van der Waals surface area contributed by atoms with Crippen LogP contribution in [-0.2, 0) is 19.7 Å². The molecule has 2 heterocycles. The van der Waals surface area contributed by atoms with Gasteiger partial charge >= 0.3 is 5.97 Å². The number of carbonyl (C=O) groups is 2. The Morgan fingerprint density at radius 1 is 0.884 bits per heavy atom. The van der Waals surface area contributed by atoms with Crippen molar-refractivity contribution >= 4 is 17.6 Å². The number of nitriles is 1. The second-order valence-electron chi connectivity index (χ2n) is 11.6. The number of amides is 1. The highest BCUT2D eigenvalue weighted by Gasteiger charge is 2.53. The predicted octanol–water partition coefficient (Wildman–Crippen LogP) is 5.76. The number of unbranched alkanes of at least 4 members (excludes halogenated alkanes) is 1. The molecule has 43 heavy (non-hydrogen) atoms. The average Bonchev–Trinajstić information content (AvgIpc) is 3.32. The van der Waals surface area contributed by atoms with E-state index in [1.807, 2.05) is 66.4 Å². The number of ether oxygens (including phenoxy) is 1. The van der Waals surface area contributed by atoms with Crippen LogP contribution in [0.2, 0.25) is 0 Å². The molecule has 0 atom stereocenters. The van der Waals surface area contributed by atoms with Crippen LogP contribution in [0, 0.1) is 11.3 Å². The van der Waals surface area contributed by atoms with E-state index in [9.17, 15) is 14.9 Å². The molecular weight excluding hydrogens is 536 g/mol. The second-order valence-corrected chi connectivity index (χ2v) is 11.6.